The summed E-state index contributed by atoms with van der Waals surface area (Å²) in [6.07, 6.45) is 0. The van der Waals surface area contributed by atoms with Crippen LogP contribution in [0, 0.1) is 17.6 Å². The molecule has 0 spiro atoms. The summed E-state index contributed by atoms with van der Waals surface area (Å²) in [5.74, 6) is -4.60. The number of amides is 2. The lowest BCUT2D eigenvalue weighted by Gasteiger charge is -2.11. The zero-order valence-electron chi connectivity index (χ0n) is 17.3. The van der Waals surface area contributed by atoms with Crippen molar-refractivity contribution in [1.82, 2.24) is 0 Å². The van der Waals surface area contributed by atoms with E-state index in [1.807, 2.05) is 0 Å². The minimum absolute atomic E-state index is 0.0373. The number of nitrogen functional groups attached to an aromatic ring is 1. The fourth-order valence-corrected chi connectivity index (χ4v) is 5.17. The van der Waals surface area contributed by atoms with E-state index in [1.54, 1.807) is 18.2 Å². The molecule has 0 aliphatic heterocycles. The van der Waals surface area contributed by atoms with Crippen LogP contribution < -0.4 is 16.4 Å². The predicted octanol–water partition coefficient (Wildman–Crippen LogP) is 7.39. The van der Waals surface area contributed by atoms with Crippen LogP contribution in [0.1, 0.15) is 21.8 Å². The van der Waals surface area contributed by atoms with Crippen molar-refractivity contribution in [3.05, 3.63) is 85.8 Å². The molecule has 2 atom stereocenters. The number of alkyl halides is 2. The Hall–Kier alpha value is -2.10. The van der Waals surface area contributed by atoms with Crippen molar-refractivity contribution in [2.75, 3.05) is 16.4 Å². The van der Waals surface area contributed by atoms with Gasteiger partial charge in [-0.25, -0.2) is 8.78 Å². The van der Waals surface area contributed by atoms with E-state index in [4.69, 9.17) is 52.1 Å². The van der Waals surface area contributed by atoms with Gasteiger partial charge in [0.2, 0.25) is 5.91 Å². The highest BCUT2D eigenvalue weighted by Crippen LogP contribution is 2.65. The van der Waals surface area contributed by atoms with Crippen LogP contribution in [0.5, 0.6) is 0 Å². The molecule has 4 N–H and O–H groups in total. The van der Waals surface area contributed by atoms with Crippen LogP contribution in [0.4, 0.5) is 25.8 Å². The molecule has 1 fully saturated rings. The molecular weight excluding hydrogens is 610 g/mol. The van der Waals surface area contributed by atoms with Gasteiger partial charge in [0, 0.05) is 16.1 Å². The fraction of sp³-hybridized carbons (Fsp3) is 0.130. The summed E-state index contributed by atoms with van der Waals surface area (Å²) in [5, 5.41) is 5.50. The van der Waals surface area contributed by atoms with E-state index >= 15 is 0 Å². The first kappa shape index (κ1) is 26.0. The molecule has 1 aliphatic carbocycles. The van der Waals surface area contributed by atoms with Gasteiger partial charge in [0.1, 0.15) is 15.8 Å². The van der Waals surface area contributed by atoms with E-state index in [2.05, 4.69) is 26.6 Å². The van der Waals surface area contributed by atoms with Gasteiger partial charge in [-0.15, -0.1) is 23.2 Å². The van der Waals surface area contributed by atoms with Gasteiger partial charge in [-0.1, -0.05) is 29.3 Å². The van der Waals surface area contributed by atoms with Crippen LogP contribution in [-0.4, -0.2) is 16.1 Å². The second-order valence-corrected chi connectivity index (χ2v) is 10.9. The van der Waals surface area contributed by atoms with Crippen molar-refractivity contribution in [1.29, 1.82) is 0 Å². The average molecular weight is 624 g/mol. The van der Waals surface area contributed by atoms with Crippen molar-refractivity contribution >= 4 is 91.2 Å². The molecule has 0 aromatic heterocycles. The van der Waals surface area contributed by atoms with Crippen molar-refractivity contribution in [3.63, 3.8) is 0 Å². The maximum atomic E-state index is 14.2. The van der Waals surface area contributed by atoms with Crippen LogP contribution in [0.3, 0.4) is 0 Å². The molecule has 1 saturated carbocycles. The molecule has 1 aliphatic rings. The van der Waals surface area contributed by atoms with E-state index < -0.39 is 45.3 Å². The molecule has 0 bridgehead atoms. The third kappa shape index (κ3) is 5.08. The van der Waals surface area contributed by atoms with E-state index in [0.717, 1.165) is 17.7 Å². The summed E-state index contributed by atoms with van der Waals surface area (Å²) in [6, 6.07) is 11.3. The molecule has 182 valence electrons. The topological polar surface area (TPSA) is 84.2 Å². The van der Waals surface area contributed by atoms with Gasteiger partial charge in [-0.2, -0.15) is 0 Å². The zero-order valence-corrected chi connectivity index (χ0v) is 21.9. The predicted molar refractivity (Wildman–Crippen MR) is 139 cm³/mol. The molecule has 2 amide bonds. The maximum Gasteiger partial charge on any atom is 0.257 e. The first-order valence-corrected chi connectivity index (χ1v) is 12.2. The Morgan fingerprint density at radius 2 is 1.66 bits per heavy atom. The van der Waals surface area contributed by atoms with Crippen LogP contribution >= 0.6 is 62.3 Å². The van der Waals surface area contributed by atoms with Crippen molar-refractivity contribution in [2.45, 2.75) is 10.3 Å². The summed E-state index contributed by atoms with van der Waals surface area (Å²) < 4.78 is 26.9. The number of hydrogen-bond donors (Lipinski definition) is 3. The smallest absolute Gasteiger partial charge is 0.257 e. The summed E-state index contributed by atoms with van der Waals surface area (Å²) in [6.45, 7) is 0. The number of benzene rings is 3. The highest BCUT2D eigenvalue weighted by Gasteiger charge is 2.67. The Kier molecular flexibility index (Phi) is 7.23. The van der Waals surface area contributed by atoms with Gasteiger partial charge in [0.25, 0.3) is 5.91 Å². The van der Waals surface area contributed by atoms with Gasteiger partial charge in [-0.05, 0) is 64.0 Å². The fourth-order valence-electron chi connectivity index (χ4n) is 3.63. The standard InChI is InChI=1S/C23H14BrCl4F2N3O2/c24-12-7-9(1-3-14(12)26)17-18(23(17,27)28)22(35)32-10-2-4-13(25)11(8-10)21(34)33-16-6-5-15(29)20(31)19(16)30/h1-8,17-18H,31H2,(H,32,35)(H,33,34). The van der Waals surface area contributed by atoms with Gasteiger partial charge in [-0.3, -0.25) is 9.59 Å². The van der Waals surface area contributed by atoms with Crippen LogP contribution in [0.2, 0.25) is 10.0 Å². The van der Waals surface area contributed by atoms with E-state index in [1.165, 1.54) is 18.2 Å². The van der Waals surface area contributed by atoms with Gasteiger partial charge >= 0.3 is 0 Å². The number of carbonyl (C=O) groups excluding carboxylic acids is 2. The van der Waals surface area contributed by atoms with Crippen LogP contribution in [0.15, 0.2) is 53.0 Å². The Labute approximate surface area is 227 Å². The van der Waals surface area contributed by atoms with Gasteiger partial charge in [0.05, 0.1) is 27.2 Å². The summed E-state index contributed by atoms with van der Waals surface area (Å²) in [5.41, 5.74) is 5.16. The van der Waals surface area contributed by atoms with E-state index in [-0.39, 0.29) is 22.0 Å². The van der Waals surface area contributed by atoms with Crippen LogP contribution in [0.25, 0.3) is 0 Å². The van der Waals surface area contributed by atoms with Crippen molar-refractivity contribution in [3.8, 4) is 0 Å². The number of carbonyl (C=O) groups is 2. The Morgan fingerprint density at radius 1 is 0.971 bits per heavy atom. The quantitative estimate of drug-likeness (QED) is 0.205. The molecular formula is C23H14BrCl4F2N3O2. The molecule has 35 heavy (non-hydrogen) atoms. The minimum Gasteiger partial charge on any atom is -0.394 e. The molecule has 0 saturated heterocycles. The number of nitrogens with two attached hydrogens (primary N) is 1. The number of rotatable bonds is 5. The third-order valence-corrected chi connectivity index (χ3v) is 7.98. The molecule has 3 aromatic rings. The zero-order chi connectivity index (χ0) is 25.7. The molecule has 4 rings (SSSR count). The number of hydrogen-bond acceptors (Lipinski definition) is 3. The summed E-state index contributed by atoms with van der Waals surface area (Å²) in [7, 11) is 0. The first-order chi connectivity index (χ1) is 16.4. The Balaban J connectivity index is 1.52. The largest absolute Gasteiger partial charge is 0.394 e. The minimum atomic E-state index is -1.34. The average Bonchev–Trinajstić information content (AvgIpc) is 3.39. The number of halogens is 7. The monoisotopic (exact) mass is 621 g/mol. The van der Waals surface area contributed by atoms with Gasteiger partial charge in [0.15, 0.2) is 5.82 Å². The molecule has 12 heteroatoms. The van der Waals surface area contributed by atoms with E-state index in [9.17, 15) is 18.4 Å². The van der Waals surface area contributed by atoms with Gasteiger partial charge < -0.3 is 16.4 Å². The molecule has 0 heterocycles. The Bertz CT molecular complexity index is 1370. The highest BCUT2D eigenvalue weighted by molar-refractivity contribution is 9.10. The normalized spacial score (nSPS) is 18.1. The van der Waals surface area contributed by atoms with E-state index in [0.29, 0.717) is 9.50 Å². The molecule has 3 aromatic carbocycles. The lowest BCUT2D eigenvalue weighted by Crippen LogP contribution is -2.18. The van der Waals surface area contributed by atoms with Crippen LogP contribution in [-0.2, 0) is 4.79 Å². The number of nitrogens with one attached hydrogen (secondary N) is 2. The second kappa shape index (κ2) is 9.75. The maximum absolute atomic E-state index is 14.2. The third-order valence-electron chi connectivity index (χ3n) is 5.49. The molecule has 0 radical (unpaired) electrons. The summed E-state index contributed by atoms with van der Waals surface area (Å²) >= 11 is 28.3. The molecule has 5 nitrogen and oxygen atoms in total. The second-order valence-electron chi connectivity index (χ2n) is 7.76. The lowest BCUT2D eigenvalue weighted by molar-refractivity contribution is -0.117. The molecule has 2 unspecified atom stereocenters. The first-order valence-electron chi connectivity index (χ1n) is 9.89. The Morgan fingerprint density at radius 3 is 2.34 bits per heavy atom. The number of anilines is 3. The SMILES string of the molecule is Nc1c(F)ccc(NC(=O)c2cc(NC(=O)C3C(c4ccc(Cl)c(Br)c4)C3(Cl)Cl)ccc2Cl)c1F. The van der Waals surface area contributed by atoms with Crippen molar-refractivity contribution < 1.29 is 18.4 Å². The lowest BCUT2D eigenvalue weighted by atomic mass is 10.1. The highest BCUT2D eigenvalue weighted by atomic mass is 79.9. The summed E-state index contributed by atoms with van der Waals surface area (Å²) in [4.78, 5) is 25.6. The van der Waals surface area contributed by atoms with Crippen molar-refractivity contribution in [2.24, 2.45) is 5.92 Å².